The lowest BCUT2D eigenvalue weighted by molar-refractivity contribution is -0.392. The molecule has 0 spiro atoms. The molecule has 0 aliphatic rings. The summed E-state index contributed by atoms with van der Waals surface area (Å²) in [7, 11) is 0. The fourth-order valence-electron chi connectivity index (χ4n) is 2.20. The van der Waals surface area contributed by atoms with Gasteiger partial charge in [-0.15, -0.1) is 0 Å². The van der Waals surface area contributed by atoms with Crippen LogP contribution in [-0.4, -0.2) is 9.85 Å². The predicted octanol–water partition coefficient (Wildman–Crippen LogP) is 7.19. The second kappa shape index (κ2) is 7.78. The third kappa shape index (κ3) is 4.04. The number of nitro groups is 2. The highest BCUT2D eigenvalue weighted by Crippen LogP contribution is 2.50. The fraction of sp³-hybridized carbons (Fsp3) is 0.143. The Kier molecular flexibility index (Phi) is 6.19. The van der Waals surface area contributed by atoms with E-state index in [1.165, 1.54) is 13.0 Å². The van der Waals surface area contributed by atoms with Gasteiger partial charge in [0.25, 0.3) is 0 Å². The van der Waals surface area contributed by atoms with Crippen molar-refractivity contribution < 1.29 is 23.0 Å². The number of anilines is 2. The summed E-state index contributed by atoms with van der Waals surface area (Å²) in [6.07, 6.45) is -5.17. The van der Waals surface area contributed by atoms with Crippen LogP contribution in [0.3, 0.4) is 0 Å². The Labute approximate surface area is 174 Å². The van der Waals surface area contributed by atoms with Crippen molar-refractivity contribution in [3.05, 3.63) is 63.6 Å². The van der Waals surface area contributed by atoms with Gasteiger partial charge < -0.3 is 5.32 Å². The average Bonchev–Trinajstić information content (AvgIpc) is 2.54. The lowest BCUT2D eigenvalue weighted by Gasteiger charge is -2.16. The van der Waals surface area contributed by atoms with Gasteiger partial charge in [0.2, 0.25) is 0 Å². The van der Waals surface area contributed by atoms with Crippen LogP contribution in [0.5, 0.6) is 0 Å². The largest absolute Gasteiger partial charge is 0.418 e. The topological polar surface area (TPSA) is 98.3 Å². The van der Waals surface area contributed by atoms with E-state index in [-0.39, 0.29) is 32.4 Å². The molecule has 2 rings (SSSR count). The average molecular weight is 479 g/mol. The first-order chi connectivity index (χ1) is 12.8. The van der Waals surface area contributed by atoms with Crippen LogP contribution in [0.25, 0.3) is 0 Å². The third-order valence-corrected chi connectivity index (χ3v) is 5.10. The quantitative estimate of drug-likeness (QED) is 0.370. The SMILES string of the molecule is Cc1c(Cl)cc(Cl)c(Nc2c([N+](=O)[O-])cc(C(F)(F)F)c(Cl)c2[N+](=O)[O-])c1Cl. The summed E-state index contributed by atoms with van der Waals surface area (Å²) in [5, 5.41) is 23.4. The highest BCUT2D eigenvalue weighted by Gasteiger charge is 2.42. The van der Waals surface area contributed by atoms with E-state index in [2.05, 4.69) is 5.32 Å². The molecule has 2 aromatic rings. The molecule has 28 heavy (non-hydrogen) atoms. The number of nitro benzene ring substituents is 2. The standard InChI is InChI=1S/C14H6Cl4F3N3O4/c1-4-6(15)3-7(16)11(9(4)17)22-12-8(23(25)26)2-5(14(19,20)21)10(18)13(12)24(27)28/h2-3,22H,1H3. The van der Waals surface area contributed by atoms with Crippen LogP contribution >= 0.6 is 46.4 Å². The van der Waals surface area contributed by atoms with Gasteiger partial charge in [0, 0.05) is 11.1 Å². The summed E-state index contributed by atoms with van der Waals surface area (Å²) in [4.78, 5) is 20.2. The van der Waals surface area contributed by atoms with E-state index in [0.29, 0.717) is 0 Å². The minimum Gasteiger partial charge on any atom is -0.342 e. The van der Waals surface area contributed by atoms with Crippen LogP contribution < -0.4 is 5.32 Å². The fourth-order valence-corrected chi connectivity index (χ4v) is 3.39. The summed E-state index contributed by atoms with van der Waals surface area (Å²) >= 11 is 23.5. The van der Waals surface area contributed by atoms with E-state index < -0.39 is 43.7 Å². The molecule has 14 heteroatoms. The van der Waals surface area contributed by atoms with Gasteiger partial charge in [-0.25, -0.2) is 0 Å². The molecular formula is C14H6Cl4F3N3O4. The molecule has 0 saturated carbocycles. The molecule has 0 atom stereocenters. The monoisotopic (exact) mass is 477 g/mol. The van der Waals surface area contributed by atoms with Crippen molar-refractivity contribution >= 4 is 69.2 Å². The van der Waals surface area contributed by atoms with E-state index in [0.717, 1.165) is 0 Å². The maximum absolute atomic E-state index is 13.1. The zero-order valence-corrected chi connectivity index (χ0v) is 16.4. The zero-order valence-electron chi connectivity index (χ0n) is 13.3. The van der Waals surface area contributed by atoms with Crippen LogP contribution in [0.15, 0.2) is 12.1 Å². The van der Waals surface area contributed by atoms with Crippen LogP contribution in [0, 0.1) is 27.2 Å². The minimum absolute atomic E-state index is 0.0856. The molecule has 0 aliphatic heterocycles. The van der Waals surface area contributed by atoms with Gasteiger partial charge in [0.05, 0.1) is 31.1 Å². The molecule has 1 N–H and O–H groups in total. The van der Waals surface area contributed by atoms with E-state index in [9.17, 15) is 33.4 Å². The molecular weight excluding hydrogens is 473 g/mol. The summed E-state index contributed by atoms with van der Waals surface area (Å²) in [5.74, 6) is 0. The number of hydrogen-bond donors (Lipinski definition) is 1. The molecule has 0 unspecified atom stereocenters. The second-order valence-corrected chi connectivity index (χ2v) is 6.84. The molecule has 0 radical (unpaired) electrons. The molecule has 0 saturated heterocycles. The molecule has 0 bridgehead atoms. The van der Waals surface area contributed by atoms with Crippen LogP contribution in [0.1, 0.15) is 11.1 Å². The number of benzene rings is 2. The highest BCUT2D eigenvalue weighted by molar-refractivity contribution is 6.43. The summed E-state index contributed by atoms with van der Waals surface area (Å²) in [6.45, 7) is 1.47. The summed E-state index contributed by atoms with van der Waals surface area (Å²) < 4.78 is 39.3. The Balaban J connectivity index is 2.88. The Morgan fingerprint density at radius 1 is 0.929 bits per heavy atom. The molecule has 7 nitrogen and oxygen atoms in total. The van der Waals surface area contributed by atoms with Gasteiger partial charge in [-0.2, -0.15) is 13.2 Å². The number of hydrogen-bond acceptors (Lipinski definition) is 5. The highest BCUT2D eigenvalue weighted by atomic mass is 35.5. The van der Waals surface area contributed by atoms with Crippen molar-refractivity contribution in [3.63, 3.8) is 0 Å². The molecule has 2 aromatic carbocycles. The first-order valence-corrected chi connectivity index (χ1v) is 8.42. The van der Waals surface area contributed by atoms with E-state index in [4.69, 9.17) is 46.4 Å². The van der Waals surface area contributed by atoms with E-state index in [1.54, 1.807) is 0 Å². The minimum atomic E-state index is -5.17. The normalized spacial score (nSPS) is 11.4. The number of nitrogens with one attached hydrogen (secondary N) is 1. The lowest BCUT2D eigenvalue weighted by Crippen LogP contribution is -2.11. The van der Waals surface area contributed by atoms with Crippen molar-refractivity contribution in [2.75, 3.05) is 5.32 Å². The smallest absolute Gasteiger partial charge is 0.342 e. The third-order valence-electron chi connectivity index (χ3n) is 3.55. The van der Waals surface area contributed by atoms with Gasteiger partial charge in [0.1, 0.15) is 5.02 Å². The molecule has 150 valence electrons. The number of alkyl halides is 3. The van der Waals surface area contributed by atoms with Gasteiger partial charge in [-0.3, -0.25) is 20.2 Å². The van der Waals surface area contributed by atoms with Gasteiger partial charge in [-0.05, 0) is 18.6 Å². The first kappa shape index (κ1) is 22.3. The maximum atomic E-state index is 13.1. The zero-order chi connectivity index (χ0) is 21.5. The van der Waals surface area contributed by atoms with E-state index in [1.807, 2.05) is 0 Å². The summed E-state index contributed by atoms with van der Waals surface area (Å²) in [5.41, 5.74) is -5.21. The van der Waals surface area contributed by atoms with Crippen molar-refractivity contribution in [3.8, 4) is 0 Å². The van der Waals surface area contributed by atoms with Crippen molar-refractivity contribution in [1.82, 2.24) is 0 Å². The Morgan fingerprint density at radius 3 is 1.96 bits per heavy atom. The van der Waals surface area contributed by atoms with Gasteiger partial charge in [0.15, 0.2) is 5.69 Å². The Morgan fingerprint density at radius 2 is 1.50 bits per heavy atom. The van der Waals surface area contributed by atoms with Crippen molar-refractivity contribution in [1.29, 1.82) is 0 Å². The molecule has 0 heterocycles. The van der Waals surface area contributed by atoms with Gasteiger partial charge in [-0.1, -0.05) is 46.4 Å². The first-order valence-electron chi connectivity index (χ1n) is 6.91. The maximum Gasteiger partial charge on any atom is 0.418 e. The van der Waals surface area contributed by atoms with Gasteiger partial charge >= 0.3 is 17.6 Å². The Bertz CT molecular complexity index is 1010. The summed E-state index contributed by atoms with van der Waals surface area (Å²) in [6, 6.07) is 1.29. The molecule has 0 amide bonds. The van der Waals surface area contributed by atoms with Crippen molar-refractivity contribution in [2.24, 2.45) is 0 Å². The second-order valence-electron chi connectivity index (χ2n) is 5.27. The lowest BCUT2D eigenvalue weighted by atomic mass is 10.1. The number of rotatable bonds is 4. The molecule has 0 aliphatic carbocycles. The number of nitrogens with zero attached hydrogens (tertiary/aromatic N) is 2. The molecule has 0 aromatic heterocycles. The van der Waals surface area contributed by atoms with E-state index >= 15 is 0 Å². The van der Waals surface area contributed by atoms with Crippen LogP contribution in [0.4, 0.5) is 35.9 Å². The predicted molar refractivity (Wildman–Crippen MR) is 99.3 cm³/mol. The Hall–Kier alpha value is -2.01. The van der Waals surface area contributed by atoms with Crippen LogP contribution in [0.2, 0.25) is 20.1 Å². The number of halogens is 7. The molecule has 0 fully saturated rings. The van der Waals surface area contributed by atoms with Crippen LogP contribution in [-0.2, 0) is 6.18 Å². The van der Waals surface area contributed by atoms with Crippen molar-refractivity contribution in [2.45, 2.75) is 13.1 Å².